The maximum atomic E-state index is 13.4. The van der Waals surface area contributed by atoms with Crippen molar-refractivity contribution in [2.24, 2.45) is 0 Å². The lowest BCUT2D eigenvalue weighted by Gasteiger charge is -2.37. The van der Waals surface area contributed by atoms with Crippen LogP contribution in [-0.2, 0) is 5.60 Å². The van der Waals surface area contributed by atoms with Gasteiger partial charge in [-0.25, -0.2) is 4.39 Å². The Hall–Kier alpha value is -0.310. The van der Waals surface area contributed by atoms with Crippen LogP contribution in [0.25, 0.3) is 0 Å². The molecule has 2 rings (SSSR count). The molecule has 0 aliphatic heterocycles. The zero-order chi connectivity index (χ0) is 10.3. The summed E-state index contributed by atoms with van der Waals surface area (Å²) >= 11 is 11.6. The maximum Gasteiger partial charge on any atom is 0.130 e. The summed E-state index contributed by atoms with van der Waals surface area (Å²) in [7, 11) is 0. The average Bonchev–Trinajstić information content (AvgIpc) is 2.09. The number of hydrogen-bond donors (Lipinski definition) is 1. The summed E-state index contributed by atoms with van der Waals surface area (Å²) in [5.74, 6) is -0.485. The fourth-order valence-corrected chi connectivity index (χ4v) is 2.20. The summed E-state index contributed by atoms with van der Waals surface area (Å²) in [5, 5.41) is 10.4. The van der Waals surface area contributed by atoms with Crippen molar-refractivity contribution in [1.82, 2.24) is 0 Å². The van der Waals surface area contributed by atoms with Crippen molar-refractivity contribution < 1.29 is 9.50 Å². The van der Waals surface area contributed by atoms with Crippen LogP contribution in [0.3, 0.4) is 0 Å². The topological polar surface area (TPSA) is 20.2 Å². The lowest BCUT2D eigenvalue weighted by molar-refractivity contribution is -0.0415. The van der Waals surface area contributed by atoms with Gasteiger partial charge in [-0.2, -0.15) is 0 Å². The van der Waals surface area contributed by atoms with E-state index in [2.05, 4.69) is 0 Å². The largest absolute Gasteiger partial charge is 0.385 e. The zero-order valence-electron chi connectivity index (χ0n) is 7.36. The van der Waals surface area contributed by atoms with E-state index in [-0.39, 0.29) is 15.6 Å². The maximum absolute atomic E-state index is 13.4. The molecule has 0 amide bonds. The normalized spacial score (nSPS) is 19.1. The van der Waals surface area contributed by atoms with Crippen molar-refractivity contribution in [2.75, 3.05) is 0 Å². The third-order valence-corrected chi connectivity index (χ3v) is 3.49. The Bertz CT molecular complexity index is 375. The third kappa shape index (κ3) is 1.42. The molecule has 4 heteroatoms. The second-order valence-corrected chi connectivity index (χ2v) is 4.39. The summed E-state index contributed by atoms with van der Waals surface area (Å²) in [5.41, 5.74) is -0.954. The zero-order valence-corrected chi connectivity index (χ0v) is 8.87. The molecule has 0 saturated heterocycles. The van der Waals surface area contributed by atoms with Crippen LogP contribution in [0.5, 0.6) is 0 Å². The molecule has 1 aliphatic rings. The van der Waals surface area contributed by atoms with Gasteiger partial charge in [0.25, 0.3) is 0 Å². The van der Waals surface area contributed by atoms with Crippen LogP contribution in [0.4, 0.5) is 4.39 Å². The minimum Gasteiger partial charge on any atom is -0.385 e. The van der Waals surface area contributed by atoms with Crippen LogP contribution >= 0.6 is 23.2 Å². The number of benzene rings is 1. The minimum absolute atomic E-state index is 0.133. The number of rotatable bonds is 1. The van der Waals surface area contributed by atoms with Gasteiger partial charge in [-0.05, 0) is 31.4 Å². The Morgan fingerprint density at radius 3 is 2.43 bits per heavy atom. The van der Waals surface area contributed by atoms with Crippen LogP contribution in [0.15, 0.2) is 12.1 Å². The highest BCUT2D eigenvalue weighted by Crippen LogP contribution is 2.46. The van der Waals surface area contributed by atoms with E-state index in [1.807, 2.05) is 0 Å². The van der Waals surface area contributed by atoms with E-state index >= 15 is 0 Å². The fourth-order valence-electron chi connectivity index (χ4n) is 1.72. The fraction of sp³-hybridized carbons (Fsp3) is 0.400. The van der Waals surface area contributed by atoms with E-state index in [1.165, 1.54) is 12.1 Å². The van der Waals surface area contributed by atoms with Gasteiger partial charge in [-0.15, -0.1) is 0 Å². The Balaban J connectivity index is 2.56. The van der Waals surface area contributed by atoms with Crippen LogP contribution in [0.2, 0.25) is 10.0 Å². The smallest absolute Gasteiger partial charge is 0.130 e. The Morgan fingerprint density at radius 2 is 1.93 bits per heavy atom. The highest BCUT2D eigenvalue weighted by atomic mass is 35.5. The standard InChI is InChI=1S/C10H9Cl2FO/c11-6-2-3-7(13)8(9(6)12)10(14)4-1-5-10/h2-3,14H,1,4-5H2. The lowest BCUT2D eigenvalue weighted by Crippen LogP contribution is -2.35. The van der Waals surface area contributed by atoms with Crippen molar-refractivity contribution in [2.45, 2.75) is 24.9 Å². The van der Waals surface area contributed by atoms with Crippen LogP contribution in [0, 0.1) is 5.82 Å². The molecule has 0 spiro atoms. The highest BCUT2D eigenvalue weighted by molar-refractivity contribution is 6.42. The van der Waals surface area contributed by atoms with E-state index < -0.39 is 11.4 Å². The molecule has 1 N–H and O–H groups in total. The van der Waals surface area contributed by atoms with Gasteiger partial charge in [0, 0.05) is 5.56 Å². The average molecular weight is 235 g/mol. The van der Waals surface area contributed by atoms with E-state index in [0.29, 0.717) is 12.8 Å². The van der Waals surface area contributed by atoms with Gasteiger partial charge in [-0.1, -0.05) is 23.2 Å². The molecule has 1 nitrogen and oxygen atoms in total. The second kappa shape index (κ2) is 3.37. The molecular weight excluding hydrogens is 226 g/mol. The Labute approximate surface area is 91.5 Å². The van der Waals surface area contributed by atoms with Crippen molar-refractivity contribution in [3.8, 4) is 0 Å². The number of aliphatic hydroxyl groups is 1. The Morgan fingerprint density at radius 1 is 1.29 bits per heavy atom. The first-order valence-electron chi connectivity index (χ1n) is 4.41. The monoisotopic (exact) mass is 234 g/mol. The molecular formula is C10H9Cl2FO. The van der Waals surface area contributed by atoms with Crippen LogP contribution in [-0.4, -0.2) is 5.11 Å². The van der Waals surface area contributed by atoms with Gasteiger partial charge in [0.05, 0.1) is 15.6 Å². The van der Waals surface area contributed by atoms with Gasteiger partial charge >= 0.3 is 0 Å². The quantitative estimate of drug-likeness (QED) is 0.738. The molecule has 0 atom stereocenters. The summed E-state index contributed by atoms with van der Waals surface area (Å²) in [6, 6.07) is 2.63. The summed E-state index contributed by atoms with van der Waals surface area (Å²) < 4.78 is 13.4. The van der Waals surface area contributed by atoms with E-state index in [4.69, 9.17) is 23.2 Å². The Kier molecular flexibility index (Phi) is 2.46. The SMILES string of the molecule is OC1(c2c(F)ccc(Cl)c2Cl)CCC1. The molecule has 0 aromatic heterocycles. The van der Waals surface area contributed by atoms with Gasteiger partial charge < -0.3 is 5.11 Å². The van der Waals surface area contributed by atoms with Gasteiger partial charge in [-0.3, -0.25) is 0 Å². The molecule has 1 fully saturated rings. The van der Waals surface area contributed by atoms with E-state index in [1.54, 1.807) is 0 Å². The highest BCUT2D eigenvalue weighted by Gasteiger charge is 2.40. The third-order valence-electron chi connectivity index (χ3n) is 2.69. The van der Waals surface area contributed by atoms with Gasteiger partial charge in [0.2, 0.25) is 0 Å². The minimum atomic E-state index is -1.11. The lowest BCUT2D eigenvalue weighted by atomic mass is 9.75. The first-order valence-corrected chi connectivity index (χ1v) is 5.16. The van der Waals surface area contributed by atoms with Crippen molar-refractivity contribution in [3.63, 3.8) is 0 Å². The van der Waals surface area contributed by atoms with E-state index in [0.717, 1.165) is 6.42 Å². The first-order chi connectivity index (χ1) is 6.54. The molecule has 0 heterocycles. The van der Waals surface area contributed by atoms with Gasteiger partial charge in [0.15, 0.2) is 0 Å². The summed E-state index contributed by atoms with van der Waals surface area (Å²) in [6.45, 7) is 0. The van der Waals surface area contributed by atoms with Gasteiger partial charge in [0.1, 0.15) is 5.82 Å². The summed E-state index contributed by atoms with van der Waals surface area (Å²) in [6.07, 6.45) is 1.98. The molecule has 1 aromatic carbocycles. The van der Waals surface area contributed by atoms with Crippen molar-refractivity contribution in [3.05, 3.63) is 33.6 Å². The number of hydrogen-bond acceptors (Lipinski definition) is 1. The predicted octanol–water partition coefficient (Wildman–Crippen LogP) is 3.50. The molecule has 0 bridgehead atoms. The molecule has 14 heavy (non-hydrogen) atoms. The second-order valence-electron chi connectivity index (χ2n) is 3.60. The molecule has 0 radical (unpaired) electrons. The predicted molar refractivity (Wildman–Crippen MR) is 54.2 cm³/mol. The first kappa shape index (κ1) is 10.2. The molecule has 1 aliphatic carbocycles. The van der Waals surface area contributed by atoms with Crippen molar-refractivity contribution >= 4 is 23.2 Å². The molecule has 0 unspecified atom stereocenters. The molecule has 1 saturated carbocycles. The van der Waals surface area contributed by atoms with Crippen LogP contribution in [0.1, 0.15) is 24.8 Å². The number of halogens is 3. The van der Waals surface area contributed by atoms with Crippen LogP contribution < -0.4 is 0 Å². The van der Waals surface area contributed by atoms with E-state index in [9.17, 15) is 9.50 Å². The van der Waals surface area contributed by atoms with Crippen molar-refractivity contribution in [1.29, 1.82) is 0 Å². The molecule has 1 aromatic rings. The molecule has 76 valence electrons. The summed E-state index contributed by atoms with van der Waals surface area (Å²) in [4.78, 5) is 0.